The number of fused-ring (bicyclic) bond motifs is 7. The highest BCUT2D eigenvalue weighted by atomic mass is 16.6. The quantitative estimate of drug-likeness (QED) is 0.183. The third kappa shape index (κ3) is 7.72. The summed E-state index contributed by atoms with van der Waals surface area (Å²) in [6, 6.07) is 0. The highest BCUT2D eigenvalue weighted by Gasteiger charge is 2.60. The summed E-state index contributed by atoms with van der Waals surface area (Å²) in [5.41, 5.74) is 0.215. The molecule has 2 saturated heterocycles. The molecule has 8 heteroatoms. The number of methoxy groups -OCH3 is 1. The Hall–Kier alpha value is -2.16. The zero-order valence-corrected chi connectivity index (χ0v) is 31.6. The van der Waals surface area contributed by atoms with Crippen LogP contribution in [0.1, 0.15) is 132 Å². The lowest BCUT2D eigenvalue weighted by Gasteiger charge is -2.47. The predicted octanol–water partition coefficient (Wildman–Crippen LogP) is 7.29. The van der Waals surface area contributed by atoms with Crippen molar-refractivity contribution in [2.75, 3.05) is 7.11 Å². The number of aliphatic hydroxyl groups is 1. The van der Waals surface area contributed by atoms with Crippen LogP contribution < -0.4 is 0 Å². The van der Waals surface area contributed by atoms with Gasteiger partial charge in [0.25, 0.3) is 0 Å². The number of esters is 1. The molecule has 49 heavy (non-hydrogen) atoms. The van der Waals surface area contributed by atoms with Crippen molar-refractivity contribution in [3.8, 4) is 0 Å². The molecule has 2 aliphatic carbocycles. The number of Topliss-reactive ketones (excluding diaryl/α,β-unsaturated/α-hetero) is 3. The van der Waals surface area contributed by atoms with Crippen LogP contribution in [0.5, 0.6) is 0 Å². The number of ether oxygens (including phenoxy) is 3. The number of hydrogen-bond donors (Lipinski definition) is 1. The maximum atomic E-state index is 15.0. The largest absolute Gasteiger partial charge is 0.469 e. The molecule has 5 rings (SSSR count). The van der Waals surface area contributed by atoms with Crippen molar-refractivity contribution in [1.82, 2.24) is 0 Å². The monoisotopic (exact) mass is 682 g/mol. The van der Waals surface area contributed by atoms with Crippen molar-refractivity contribution >= 4 is 23.3 Å². The van der Waals surface area contributed by atoms with Gasteiger partial charge in [-0.25, -0.2) is 0 Å². The van der Waals surface area contributed by atoms with Crippen molar-refractivity contribution in [3.63, 3.8) is 0 Å². The molecule has 274 valence electrons. The average molecular weight is 683 g/mol. The molecule has 0 aromatic carbocycles. The minimum absolute atomic E-state index is 0.0317. The number of epoxide rings is 1. The van der Waals surface area contributed by atoms with E-state index in [1.54, 1.807) is 0 Å². The van der Waals surface area contributed by atoms with Crippen LogP contribution in [-0.2, 0) is 33.4 Å². The lowest BCUT2D eigenvalue weighted by molar-refractivity contribution is -0.165. The zero-order valence-electron chi connectivity index (χ0n) is 31.6. The molecule has 8 nitrogen and oxygen atoms in total. The Labute approximate surface area is 294 Å². The van der Waals surface area contributed by atoms with E-state index in [0.29, 0.717) is 12.8 Å². The molecule has 3 heterocycles. The summed E-state index contributed by atoms with van der Waals surface area (Å²) in [4.78, 5) is 57.3. The SMILES string of the molecule is COC(=O)[C@]12CC(=O)[C@H](C(C)C)CC(=O)[C@H](C)CCC[C@H](C)CC(=O)[C@H]1[C@H]1/C=C(\C)CC[C@H]3O[C@]3(C)CC[C@H]3O[C@@H](C[C@]3(C)O)C1=C(C)C2. The van der Waals surface area contributed by atoms with E-state index in [4.69, 9.17) is 14.2 Å². The summed E-state index contributed by atoms with van der Waals surface area (Å²) in [6.45, 7) is 16.0. The van der Waals surface area contributed by atoms with Gasteiger partial charge in [0.15, 0.2) is 0 Å². The normalized spacial score (nSPS) is 43.9. The second-order valence-corrected chi connectivity index (χ2v) is 17.5. The van der Waals surface area contributed by atoms with E-state index < -0.39 is 46.9 Å². The van der Waals surface area contributed by atoms with Gasteiger partial charge < -0.3 is 19.3 Å². The van der Waals surface area contributed by atoms with Crippen LogP contribution in [0.15, 0.2) is 22.8 Å². The summed E-state index contributed by atoms with van der Waals surface area (Å²) < 4.78 is 18.5. The Morgan fingerprint density at radius 1 is 0.959 bits per heavy atom. The van der Waals surface area contributed by atoms with Crippen molar-refractivity contribution in [1.29, 1.82) is 0 Å². The molecule has 1 N–H and O–H groups in total. The van der Waals surface area contributed by atoms with Crippen LogP contribution in [0.3, 0.4) is 0 Å². The average Bonchev–Trinajstić information content (AvgIpc) is 3.56. The van der Waals surface area contributed by atoms with Crippen molar-refractivity contribution in [2.45, 2.75) is 162 Å². The van der Waals surface area contributed by atoms with Gasteiger partial charge in [0, 0.05) is 49.4 Å². The summed E-state index contributed by atoms with van der Waals surface area (Å²) in [7, 11) is 1.34. The van der Waals surface area contributed by atoms with E-state index in [9.17, 15) is 24.3 Å². The standard InChI is InChI=1S/C41H62O8/c1-23(2)28-19-30(42)26(5)12-10-11-24(3)18-31(43)37-29-17-25(4)13-14-35-40(8,49-35)16-15-34-39(7,46)22-33(48-34)36(29)27(6)20-41(37,21-32(28)44)38(45)47-9/h17,23-24,26,28-29,33-35,37,46H,10-16,18-22H2,1-9H3/b25-17+/t24-,26+,28-,29-,33-,34+,35+,37+,39-,40+,41+/m0/s1. The molecule has 0 radical (unpaired) electrons. The molecular formula is C41H62O8. The molecular weight excluding hydrogens is 620 g/mol. The summed E-state index contributed by atoms with van der Waals surface area (Å²) in [5, 5.41) is 11.7. The Bertz CT molecular complexity index is 1370. The summed E-state index contributed by atoms with van der Waals surface area (Å²) >= 11 is 0. The van der Waals surface area contributed by atoms with E-state index in [-0.39, 0.29) is 72.5 Å². The number of ketones is 3. The maximum absolute atomic E-state index is 15.0. The van der Waals surface area contributed by atoms with Crippen LogP contribution in [0.25, 0.3) is 0 Å². The van der Waals surface area contributed by atoms with Gasteiger partial charge in [-0.3, -0.25) is 19.2 Å². The maximum Gasteiger partial charge on any atom is 0.313 e. The number of allylic oxidation sites excluding steroid dienone is 3. The lowest BCUT2D eigenvalue weighted by atomic mass is 9.54. The molecule has 3 aliphatic heterocycles. The van der Waals surface area contributed by atoms with E-state index in [2.05, 4.69) is 26.8 Å². The first-order chi connectivity index (χ1) is 22.9. The predicted molar refractivity (Wildman–Crippen MR) is 188 cm³/mol. The van der Waals surface area contributed by atoms with Gasteiger partial charge >= 0.3 is 5.97 Å². The molecule has 5 aliphatic rings. The third-order valence-corrected chi connectivity index (χ3v) is 13.1. The lowest BCUT2D eigenvalue weighted by Crippen LogP contribution is -2.53. The van der Waals surface area contributed by atoms with Crippen molar-refractivity contribution in [3.05, 3.63) is 22.8 Å². The minimum Gasteiger partial charge on any atom is -0.469 e. The Balaban J connectivity index is 1.69. The van der Waals surface area contributed by atoms with Crippen LogP contribution in [0.2, 0.25) is 0 Å². The minimum atomic E-state index is -1.43. The van der Waals surface area contributed by atoms with Gasteiger partial charge in [-0.05, 0) is 83.6 Å². The Morgan fingerprint density at radius 2 is 1.67 bits per heavy atom. The van der Waals surface area contributed by atoms with Gasteiger partial charge in [-0.15, -0.1) is 0 Å². The van der Waals surface area contributed by atoms with E-state index in [0.717, 1.165) is 55.2 Å². The molecule has 0 spiro atoms. The molecule has 11 atom stereocenters. The first kappa shape index (κ1) is 38.1. The smallest absolute Gasteiger partial charge is 0.313 e. The van der Waals surface area contributed by atoms with Crippen molar-refractivity contribution < 1.29 is 38.5 Å². The molecule has 0 unspecified atom stereocenters. The van der Waals surface area contributed by atoms with E-state index >= 15 is 0 Å². The topological polar surface area (TPSA) is 120 Å². The summed E-state index contributed by atoms with van der Waals surface area (Å²) in [5.74, 6) is -2.80. The number of rotatable bonds is 2. The van der Waals surface area contributed by atoms with E-state index in [1.807, 2.05) is 34.6 Å². The second-order valence-electron chi connectivity index (χ2n) is 17.5. The molecule has 0 aromatic heterocycles. The number of carbonyl (C=O) groups excluding carboxylic acids is 4. The fourth-order valence-electron chi connectivity index (χ4n) is 9.91. The van der Waals surface area contributed by atoms with Gasteiger partial charge in [0.1, 0.15) is 17.3 Å². The van der Waals surface area contributed by atoms with Crippen molar-refractivity contribution in [2.24, 2.45) is 40.9 Å². The molecule has 1 saturated carbocycles. The fraction of sp³-hybridized carbons (Fsp3) is 0.805. The Kier molecular flexibility index (Phi) is 11.2. The zero-order chi connectivity index (χ0) is 36.1. The molecule has 0 amide bonds. The summed E-state index contributed by atoms with van der Waals surface area (Å²) in [6.07, 6.45) is 7.66. The van der Waals surface area contributed by atoms with Crippen LogP contribution in [0, 0.1) is 40.9 Å². The molecule has 3 fully saturated rings. The Morgan fingerprint density at radius 3 is 2.35 bits per heavy atom. The van der Waals surface area contributed by atoms with Crippen LogP contribution in [-0.4, -0.2) is 65.0 Å². The van der Waals surface area contributed by atoms with Gasteiger partial charge in [-0.1, -0.05) is 57.8 Å². The van der Waals surface area contributed by atoms with Crippen LogP contribution >= 0.6 is 0 Å². The highest BCUT2D eigenvalue weighted by molar-refractivity contribution is 5.96. The van der Waals surface area contributed by atoms with E-state index in [1.165, 1.54) is 7.11 Å². The third-order valence-electron chi connectivity index (χ3n) is 13.1. The molecule has 2 bridgehead atoms. The first-order valence-corrected chi connectivity index (χ1v) is 19.0. The highest BCUT2D eigenvalue weighted by Crippen LogP contribution is 2.56. The number of hydrogen-bond acceptors (Lipinski definition) is 8. The van der Waals surface area contributed by atoms with Crippen LogP contribution in [0.4, 0.5) is 0 Å². The fourth-order valence-corrected chi connectivity index (χ4v) is 9.91. The first-order valence-electron chi connectivity index (χ1n) is 19.0. The van der Waals surface area contributed by atoms with Gasteiger partial charge in [0.05, 0.1) is 42.0 Å². The second kappa shape index (κ2) is 14.5. The molecule has 0 aromatic rings. The number of carbonyl (C=O) groups is 4. The van der Waals surface area contributed by atoms with Gasteiger partial charge in [0.2, 0.25) is 0 Å². The van der Waals surface area contributed by atoms with Gasteiger partial charge in [-0.2, -0.15) is 0 Å².